The first-order chi connectivity index (χ1) is 7.18. The predicted molar refractivity (Wildman–Crippen MR) is 55.7 cm³/mol. The fraction of sp³-hybridized carbons (Fsp3) is 0.0909. The minimum Gasteiger partial charge on any atom is -0.508 e. The SMILES string of the molecule is CC(=O)c1cn[nH]c1-c1cccc(O)c1. The van der Waals surface area contributed by atoms with Gasteiger partial charge in [0.1, 0.15) is 5.75 Å². The van der Waals surface area contributed by atoms with Crippen molar-refractivity contribution in [3.05, 3.63) is 36.0 Å². The number of Topliss-reactive ketones (excluding diaryl/α,β-unsaturated/α-hetero) is 1. The van der Waals surface area contributed by atoms with Crippen molar-refractivity contribution >= 4 is 5.78 Å². The van der Waals surface area contributed by atoms with E-state index in [0.717, 1.165) is 5.56 Å². The molecule has 4 heteroatoms. The average Bonchev–Trinajstić information content (AvgIpc) is 2.65. The van der Waals surface area contributed by atoms with Gasteiger partial charge in [-0.1, -0.05) is 12.1 Å². The Morgan fingerprint density at radius 1 is 1.47 bits per heavy atom. The Labute approximate surface area is 86.6 Å². The molecule has 0 spiro atoms. The van der Waals surface area contributed by atoms with E-state index in [2.05, 4.69) is 10.2 Å². The highest BCUT2D eigenvalue weighted by Gasteiger charge is 2.11. The minimum atomic E-state index is -0.0536. The van der Waals surface area contributed by atoms with Crippen LogP contribution in [0.4, 0.5) is 0 Å². The molecule has 0 radical (unpaired) electrons. The number of phenols is 1. The van der Waals surface area contributed by atoms with Gasteiger partial charge in [-0.2, -0.15) is 5.10 Å². The number of hydrogen-bond donors (Lipinski definition) is 2. The Morgan fingerprint density at radius 3 is 2.93 bits per heavy atom. The van der Waals surface area contributed by atoms with Crippen molar-refractivity contribution in [2.75, 3.05) is 0 Å². The Kier molecular flexibility index (Phi) is 2.25. The van der Waals surface area contributed by atoms with Crippen LogP contribution in [0.15, 0.2) is 30.5 Å². The molecule has 4 nitrogen and oxygen atoms in total. The number of carbonyl (C=O) groups excluding carboxylic acids is 1. The largest absolute Gasteiger partial charge is 0.508 e. The number of carbonyl (C=O) groups is 1. The first kappa shape index (κ1) is 9.45. The lowest BCUT2D eigenvalue weighted by molar-refractivity contribution is 0.101. The summed E-state index contributed by atoms with van der Waals surface area (Å²) in [7, 11) is 0. The number of phenolic OH excluding ortho intramolecular Hbond substituents is 1. The fourth-order valence-electron chi connectivity index (χ4n) is 1.43. The Morgan fingerprint density at radius 2 is 2.27 bits per heavy atom. The molecule has 15 heavy (non-hydrogen) atoms. The molecule has 0 bridgehead atoms. The molecule has 0 aliphatic carbocycles. The van der Waals surface area contributed by atoms with E-state index >= 15 is 0 Å². The lowest BCUT2D eigenvalue weighted by atomic mass is 10.1. The highest BCUT2D eigenvalue weighted by molar-refractivity contribution is 5.99. The van der Waals surface area contributed by atoms with Gasteiger partial charge in [0, 0.05) is 5.56 Å². The summed E-state index contributed by atoms with van der Waals surface area (Å²) in [5.74, 6) is 0.110. The summed E-state index contributed by atoms with van der Waals surface area (Å²) >= 11 is 0. The third-order valence-corrected chi connectivity index (χ3v) is 2.15. The van der Waals surface area contributed by atoms with Crippen LogP contribution in [0.1, 0.15) is 17.3 Å². The number of ketones is 1. The van der Waals surface area contributed by atoms with Crippen molar-refractivity contribution in [1.82, 2.24) is 10.2 Å². The molecule has 76 valence electrons. The Bertz CT molecular complexity index is 503. The molecule has 0 aliphatic rings. The molecular weight excluding hydrogens is 192 g/mol. The monoisotopic (exact) mass is 202 g/mol. The predicted octanol–water partition coefficient (Wildman–Crippen LogP) is 1.98. The van der Waals surface area contributed by atoms with E-state index in [-0.39, 0.29) is 11.5 Å². The van der Waals surface area contributed by atoms with Gasteiger partial charge >= 0.3 is 0 Å². The lowest BCUT2D eigenvalue weighted by Crippen LogP contribution is -1.92. The number of nitrogens with one attached hydrogen (secondary N) is 1. The molecule has 1 aromatic heterocycles. The van der Waals surface area contributed by atoms with E-state index < -0.39 is 0 Å². The fourth-order valence-corrected chi connectivity index (χ4v) is 1.43. The van der Waals surface area contributed by atoms with Gasteiger partial charge in [-0.15, -0.1) is 0 Å². The van der Waals surface area contributed by atoms with Crippen molar-refractivity contribution in [2.24, 2.45) is 0 Å². The molecule has 0 amide bonds. The number of hydrogen-bond acceptors (Lipinski definition) is 3. The van der Waals surface area contributed by atoms with E-state index in [0.29, 0.717) is 11.3 Å². The Hall–Kier alpha value is -2.10. The van der Waals surface area contributed by atoms with Crippen LogP contribution in [0.25, 0.3) is 11.3 Å². The van der Waals surface area contributed by atoms with Gasteiger partial charge < -0.3 is 5.11 Å². The third-order valence-electron chi connectivity index (χ3n) is 2.15. The van der Waals surface area contributed by atoms with Crippen molar-refractivity contribution < 1.29 is 9.90 Å². The molecule has 0 atom stereocenters. The summed E-state index contributed by atoms with van der Waals surface area (Å²) in [4.78, 5) is 11.3. The first-order valence-corrected chi connectivity index (χ1v) is 4.52. The van der Waals surface area contributed by atoms with Crippen LogP contribution in [-0.2, 0) is 0 Å². The highest BCUT2D eigenvalue weighted by atomic mass is 16.3. The minimum absolute atomic E-state index is 0.0536. The molecule has 0 fully saturated rings. The van der Waals surface area contributed by atoms with Crippen molar-refractivity contribution in [3.8, 4) is 17.0 Å². The molecule has 2 aromatic rings. The van der Waals surface area contributed by atoms with Crippen molar-refractivity contribution in [1.29, 1.82) is 0 Å². The number of nitrogens with zero attached hydrogens (tertiary/aromatic N) is 1. The van der Waals surface area contributed by atoms with Crippen LogP contribution in [0.5, 0.6) is 5.75 Å². The quantitative estimate of drug-likeness (QED) is 0.732. The maximum Gasteiger partial charge on any atom is 0.163 e. The van der Waals surface area contributed by atoms with E-state index in [9.17, 15) is 9.90 Å². The van der Waals surface area contributed by atoms with Gasteiger partial charge in [-0.25, -0.2) is 0 Å². The maximum atomic E-state index is 11.3. The summed E-state index contributed by atoms with van der Waals surface area (Å²) in [6.45, 7) is 1.48. The zero-order chi connectivity index (χ0) is 10.8. The van der Waals surface area contributed by atoms with E-state index in [1.807, 2.05) is 0 Å². The van der Waals surface area contributed by atoms with Crippen LogP contribution in [0, 0.1) is 0 Å². The van der Waals surface area contributed by atoms with Gasteiger partial charge in [-0.05, 0) is 19.1 Å². The summed E-state index contributed by atoms with van der Waals surface area (Å²) in [5.41, 5.74) is 1.91. The summed E-state index contributed by atoms with van der Waals surface area (Å²) in [6, 6.07) is 6.68. The number of aromatic amines is 1. The summed E-state index contributed by atoms with van der Waals surface area (Å²) < 4.78 is 0. The second kappa shape index (κ2) is 3.57. The van der Waals surface area contributed by atoms with Crippen LogP contribution in [-0.4, -0.2) is 21.1 Å². The second-order valence-electron chi connectivity index (χ2n) is 3.27. The van der Waals surface area contributed by atoms with Gasteiger partial charge in [0.25, 0.3) is 0 Å². The zero-order valence-corrected chi connectivity index (χ0v) is 8.19. The van der Waals surface area contributed by atoms with E-state index in [4.69, 9.17) is 0 Å². The van der Waals surface area contributed by atoms with E-state index in [1.54, 1.807) is 24.3 Å². The third kappa shape index (κ3) is 1.74. The molecule has 0 unspecified atom stereocenters. The zero-order valence-electron chi connectivity index (χ0n) is 8.19. The first-order valence-electron chi connectivity index (χ1n) is 4.52. The molecule has 1 heterocycles. The van der Waals surface area contributed by atoms with Gasteiger partial charge in [0.15, 0.2) is 5.78 Å². The summed E-state index contributed by atoms with van der Waals surface area (Å²) in [6.07, 6.45) is 1.49. The van der Waals surface area contributed by atoms with E-state index in [1.165, 1.54) is 13.1 Å². The van der Waals surface area contributed by atoms with Crippen LogP contribution in [0.3, 0.4) is 0 Å². The van der Waals surface area contributed by atoms with Crippen LogP contribution >= 0.6 is 0 Å². The normalized spacial score (nSPS) is 10.2. The molecule has 1 aromatic carbocycles. The van der Waals surface area contributed by atoms with Gasteiger partial charge in [0.05, 0.1) is 17.5 Å². The number of benzene rings is 1. The molecule has 2 rings (SSSR count). The second-order valence-corrected chi connectivity index (χ2v) is 3.27. The Balaban J connectivity index is 2.54. The lowest BCUT2D eigenvalue weighted by Gasteiger charge is -2.00. The summed E-state index contributed by atoms with van der Waals surface area (Å²) in [5, 5.41) is 15.9. The molecule has 0 saturated carbocycles. The molecular formula is C11H10N2O2. The molecule has 0 saturated heterocycles. The topological polar surface area (TPSA) is 66.0 Å². The van der Waals surface area contributed by atoms with Crippen LogP contribution < -0.4 is 0 Å². The number of H-pyrrole nitrogens is 1. The smallest absolute Gasteiger partial charge is 0.163 e. The average molecular weight is 202 g/mol. The van der Waals surface area contributed by atoms with Gasteiger partial charge in [0.2, 0.25) is 0 Å². The highest BCUT2D eigenvalue weighted by Crippen LogP contribution is 2.24. The number of rotatable bonds is 2. The maximum absolute atomic E-state index is 11.3. The van der Waals surface area contributed by atoms with Crippen molar-refractivity contribution in [3.63, 3.8) is 0 Å². The number of aromatic hydroxyl groups is 1. The standard InChI is InChI=1S/C11H10N2O2/c1-7(14)10-6-12-13-11(10)8-3-2-4-9(15)5-8/h2-6,15H,1H3,(H,12,13). The van der Waals surface area contributed by atoms with Crippen molar-refractivity contribution in [2.45, 2.75) is 6.92 Å². The number of aromatic nitrogens is 2. The van der Waals surface area contributed by atoms with Crippen LogP contribution in [0.2, 0.25) is 0 Å². The molecule has 2 N–H and O–H groups in total. The van der Waals surface area contributed by atoms with Gasteiger partial charge in [-0.3, -0.25) is 9.89 Å². The molecule has 0 aliphatic heterocycles.